The summed E-state index contributed by atoms with van der Waals surface area (Å²) >= 11 is 0. The van der Waals surface area contributed by atoms with Gasteiger partial charge in [-0.05, 0) is 30.4 Å². The van der Waals surface area contributed by atoms with Crippen LogP contribution in [0.1, 0.15) is 24.1 Å². The molecule has 0 radical (unpaired) electrons. The van der Waals surface area contributed by atoms with Crippen LogP contribution in [-0.4, -0.2) is 4.98 Å². The molecule has 0 spiro atoms. The van der Waals surface area contributed by atoms with Crippen LogP contribution in [0.15, 0.2) is 30.6 Å². The van der Waals surface area contributed by atoms with Gasteiger partial charge < -0.3 is 5.73 Å². The summed E-state index contributed by atoms with van der Waals surface area (Å²) in [4.78, 5) is 4.17. The molecule has 2 aromatic rings. The third-order valence-corrected chi connectivity index (χ3v) is 2.50. The summed E-state index contributed by atoms with van der Waals surface area (Å²) in [6.45, 7) is 4.08. The van der Waals surface area contributed by atoms with Crippen LogP contribution in [0.4, 0.5) is 0 Å². The third kappa shape index (κ3) is 1.38. The molecule has 0 aliphatic rings. The lowest BCUT2D eigenvalue weighted by molar-refractivity contribution is 0.826. The van der Waals surface area contributed by atoms with Crippen molar-refractivity contribution in [2.75, 3.05) is 0 Å². The molecule has 2 heteroatoms. The average Bonchev–Trinajstić information content (AvgIpc) is 2.17. The maximum Gasteiger partial charge on any atom is 0.0346 e. The number of nitrogens with zero attached hydrogens (tertiary/aromatic N) is 1. The lowest BCUT2D eigenvalue weighted by Crippen LogP contribution is -2.06. The van der Waals surface area contributed by atoms with E-state index >= 15 is 0 Å². The number of nitrogens with two attached hydrogens (primary N) is 1. The highest BCUT2D eigenvalue weighted by atomic mass is 14.6. The molecule has 1 atom stereocenters. The third-order valence-electron chi connectivity index (χ3n) is 2.50. The minimum absolute atomic E-state index is 0.0693. The molecule has 0 aliphatic heterocycles. The topological polar surface area (TPSA) is 38.9 Å². The van der Waals surface area contributed by atoms with Crippen molar-refractivity contribution in [2.45, 2.75) is 19.9 Å². The first-order valence-corrected chi connectivity index (χ1v) is 4.79. The van der Waals surface area contributed by atoms with Gasteiger partial charge in [0.1, 0.15) is 0 Å². The van der Waals surface area contributed by atoms with Crippen LogP contribution in [0.5, 0.6) is 0 Å². The second-order valence-corrected chi connectivity index (χ2v) is 3.69. The van der Waals surface area contributed by atoms with Crippen molar-refractivity contribution in [1.29, 1.82) is 0 Å². The Balaban J connectivity index is 2.84. The Bertz CT molecular complexity index is 456. The van der Waals surface area contributed by atoms with Gasteiger partial charge in [-0.1, -0.05) is 18.2 Å². The van der Waals surface area contributed by atoms with E-state index in [2.05, 4.69) is 24.0 Å². The van der Waals surface area contributed by atoms with Crippen LogP contribution in [0, 0.1) is 6.92 Å². The Kier molecular flexibility index (Phi) is 2.22. The molecule has 0 amide bonds. The zero-order chi connectivity index (χ0) is 10.1. The second kappa shape index (κ2) is 3.39. The van der Waals surface area contributed by atoms with Crippen molar-refractivity contribution in [3.63, 3.8) is 0 Å². The number of rotatable bonds is 1. The molecule has 0 bridgehead atoms. The van der Waals surface area contributed by atoms with Gasteiger partial charge in [0.2, 0.25) is 0 Å². The summed E-state index contributed by atoms with van der Waals surface area (Å²) < 4.78 is 0. The molecular formula is C12H14N2. The molecule has 72 valence electrons. The first kappa shape index (κ1) is 9.16. The van der Waals surface area contributed by atoms with Crippen molar-refractivity contribution < 1.29 is 0 Å². The van der Waals surface area contributed by atoms with E-state index in [0.717, 1.165) is 0 Å². The van der Waals surface area contributed by atoms with Gasteiger partial charge in [-0.2, -0.15) is 0 Å². The normalized spacial score (nSPS) is 13.1. The molecule has 0 saturated carbocycles. The summed E-state index contributed by atoms with van der Waals surface area (Å²) in [7, 11) is 0. The number of pyridine rings is 1. The Morgan fingerprint density at radius 1 is 1.29 bits per heavy atom. The van der Waals surface area contributed by atoms with Crippen LogP contribution in [0.25, 0.3) is 10.8 Å². The van der Waals surface area contributed by atoms with E-state index in [1.807, 2.05) is 25.4 Å². The predicted octanol–water partition coefficient (Wildman–Crippen LogP) is 2.56. The van der Waals surface area contributed by atoms with Gasteiger partial charge in [-0.15, -0.1) is 0 Å². The van der Waals surface area contributed by atoms with E-state index in [-0.39, 0.29) is 6.04 Å². The van der Waals surface area contributed by atoms with Crippen molar-refractivity contribution in [2.24, 2.45) is 5.73 Å². The number of aromatic nitrogens is 1. The van der Waals surface area contributed by atoms with Gasteiger partial charge in [0.25, 0.3) is 0 Å². The summed E-state index contributed by atoms with van der Waals surface area (Å²) in [6, 6.07) is 6.25. The van der Waals surface area contributed by atoms with E-state index in [0.29, 0.717) is 0 Å². The van der Waals surface area contributed by atoms with Gasteiger partial charge in [0.05, 0.1) is 0 Å². The predicted molar refractivity (Wildman–Crippen MR) is 59.1 cm³/mol. The molecule has 2 rings (SSSR count). The highest BCUT2D eigenvalue weighted by Crippen LogP contribution is 2.24. The van der Waals surface area contributed by atoms with Crippen molar-refractivity contribution >= 4 is 10.8 Å². The summed E-state index contributed by atoms with van der Waals surface area (Å²) in [5.41, 5.74) is 8.32. The molecule has 1 unspecified atom stereocenters. The minimum Gasteiger partial charge on any atom is -0.324 e. The molecule has 2 N–H and O–H groups in total. The number of aryl methyl sites for hydroxylation is 1. The smallest absolute Gasteiger partial charge is 0.0346 e. The first-order chi connectivity index (χ1) is 6.70. The fourth-order valence-electron chi connectivity index (χ4n) is 1.83. The Hall–Kier alpha value is -1.41. The molecule has 1 aromatic heterocycles. The van der Waals surface area contributed by atoms with E-state index in [1.165, 1.54) is 21.9 Å². The van der Waals surface area contributed by atoms with Crippen LogP contribution in [0.3, 0.4) is 0 Å². The van der Waals surface area contributed by atoms with Crippen molar-refractivity contribution in [3.8, 4) is 0 Å². The van der Waals surface area contributed by atoms with Gasteiger partial charge in [-0.3, -0.25) is 4.98 Å². The molecule has 2 nitrogen and oxygen atoms in total. The van der Waals surface area contributed by atoms with Crippen LogP contribution in [-0.2, 0) is 0 Å². The van der Waals surface area contributed by atoms with Gasteiger partial charge >= 0.3 is 0 Å². The van der Waals surface area contributed by atoms with Crippen LogP contribution >= 0.6 is 0 Å². The quantitative estimate of drug-likeness (QED) is 0.743. The zero-order valence-corrected chi connectivity index (χ0v) is 8.49. The zero-order valence-electron chi connectivity index (χ0n) is 8.49. The summed E-state index contributed by atoms with van der Waals surface area (Å²) in [6.07, 6.45) is 3.77. The van der Waals surface area contributed by atoms with Crippen LogP contribution < -0.4 is 5.73 Å². The highest BCUT2D eigenvalue weighted by molar-refractivity contribution is 5.88. The largest absolute Gasteiger partial charge is 0.324 e. The Morgan fingerprint density at radius 2 is 2.07 bits per heavy atom. The van der Waals surface area contributed by atoms with E-state index in [1.54, 1.807) is 0 Å². The lowest BCUT2D eigenvalue weighted by Gasteiger charge is -2.11. The van der Waals surface area contributed by atoms with Gasteiger partial charge in [-0.25, -0.2) is 0 Å². The first-order valence-electron chi connectivity index (χ1n) is 4.79. The lowest BCUT2D eigenvalue weighted by atomic mass is 9.98. The minimum atomic E-state index is 0.0693. The van der Waals surface area contributed by atoms with Gasteiger partial charge in [0.15, 0.2) is 0 Å². The molecule has 14 heavy (non-hydrogen) atoms. The molecule has 0 saturated heterocycles. The fraction of sp³-hybridized carbons (Fsp3) is 0.250. The van der Waals surface area contributed by atoms with Crippen molar-refractivity contribution in [1.82, 2.24) is 4.98 Å². The maximum atomic E-state index is 5.93. The number of benzene rings is 1. The Labute approximate surface area is 83.8 Å². The number of fused-ring (bicyclic) bond motifs is 1. The monoisotopic (exact) mass is 186 g/mol. The van der Waals surface area contributed by atoms with E-state index in [9.17, 15) is 0 Å². The summed E-state index contributed by atoms with van der Waals surface area (Å²) in [5.74, 6) is 0. The van der Waals surface area contributed by atoms with Gasteiger partial charge in [0, 0.05) is 23.8 Å². The molecule has 1 aromatic carbocycles. The maximum absolute atomic E-state index is 5.93. The summed E-state index contributed by atoms with van der Waals surface area (Å²) in [5, 5.41) is 2.41. The molecule has 0 aliphatic carbocycles. The fourth-order valence-corrected chi connectivity index (χ4v) is 1.83. The van der Waals surface area contributed by atoms with E-state index < -0.39 is 0 Å². The standard InChI is InChI=1S/C12H14N2/c1-8-6-14-7-10-4-3-5-11(9(2)13)12(8)10/h3-7,9H,13H2,1-2H3. The van der Waals surface area contributed by atoms with E-state index in [4.69, 9.17) is 5.73 Å². The number of hydrogen-bond acceptors (Lipinski definition) is 2. The van der Waals surface area contributed by atoms with Crippen molar-refractivity contribution in [3.05, 3.63) is 41.7 Å². The van der Waals surface area contributed by atoms with Crippen LogP contribution in [0.2, 0.25) is 0 Å². The number of hydrogen-bond donors (Lipinski definition) is 1. The second-order valence-electron chi connectivity index (χ2n) is 3.69. The highest BCUT2D eigenvalue weighted by Gasteiger charge is 2.06. The Morgan fingerprint density at radius 3 is 2.79 bits per heavy atom. The average molecular weight is 186 g/mol. The molecular weight excluding hydrogens is 172 g/mol. The SMILES string of the molecule is Cc1cncc2cccc(C(C)N)c12. The molecule has 0 fully saturated rings. The molecule has 1 heterocycles.